The van der Waals surface area contributed by atoms with Gasteiger partial charge in [0.1, 0.15) is 0 Å². The predicted molar refractivity (Wildman–Crippen MR) is 85.7 cm³/mol. The lowest BCUT2D eigenvalue weighted by atomic mass is 10.2. The maximum absolute atomic E-state index is 12.5. The molecule has 1 saturated carbocycles. The van der Waals surface area contributed by atoms with Crippen LogP contribution in [-0.2, 0) is 4.79 Å². The highest BCUT2D eigenvalue weighted by atomic mass is 32.2. The van der Waals surface area contributed by atoms with Gasteiger partial charge in [-0.05, 0) is 36.7 Å². The molecule has 0 spiro atoms. The van der Waals surface area contributed by atoms with Gasteiger partial charge in [-0.3, -0.25) is 9.59 Å². The van der Waals surface area contributed by atoms with Gasteiger partial charge in [0.25, 0.3) is 5.91 Å². The fourth-order valence-corrected chi connectivity index (χ4v) is 3.29. The molecule has 0 saturated heterocycles. The van der Waals surface area contributed by atoms with Crippen LogP contribution in [0.5, 0.6) is 0 Å². The largest absolute Gasteiger partial charge is 0.446 e. The van der Waals surface area contributed by atoms with E-state index in [-0.39, 0.29) is 47.1 Å². The molecule has 0 aromatic heterocycles. The molecular weight excluding hydrogens is 341 g/mol. The Morgan fingerprint density at radius 2 is 1.83 bits per heavy atom. The number of thioether (sulfide) groups is 1. The van der Waals surface area contributed by atoms with Crippen LogP contribution in [0.1, 0.15) is 42.5 Å². The van der Waals surface area contributed by atoms with Crippen molar-refractivity contribution in [3.05, 3.63) is 29.8 Å². The average Bonchev–Trinajstić information content (AvgIpc) is 2.98. The van der Waals surface area contributed by atoms with Crippen molar-refractivity contribution in [1.29, 1.82) is 0 Å². The van der Waals surface area contributed by atoms with E-state index in [1.165, 1.54) is 24.3 Å². The molecule has 24 heavy (non-hydrogen) atoms. The van der Waals surface area contributed by atoms with E-state index in [0.717, 1.165) is 25.7 Å². The molecule has 0 radical (unpaired) electrons. The number of carbonyl (C=O) groups is 2. The number of nitrogens with one attached hydrogen (secondary N) is 2. The van der Waals surface area contributed by atoms with Crippen molar-refractivity contribution < 1.29 is 22.8 Å². The van der Waals surface area contributed by atoms with Crippen LogP contribution < -0.4 is 10.6 Å². The number of benzene rings is 1. The second-order valence-electron chi connectivity index (χ2n) is 5.60. The fourth-order valence-electron chi connectivity index (χ4n) is 2.62. The minimum absolute atomic E-state index is 0.0453. The zero-order valence-electron chi connectivity index (χ0n) is 13.0. The lowest BCUT2D eigenvalue weighted by molar-refractivity contribution is -0.121. The minimum atomic E-state index is -4.46. The molecule has 0 aliphatic heterocycles. The summed E-state index contributed by atoms with van der Waals surface area (Å²) in [5.41, 5.74) is -4.51. The lowest BCUT2D eigenvalue weighted by Gasteiger charge is -2.13. The van der Waals surface area contributed by atoms with Crippen LogP contribution in [0, 0.1) is 0 Å². The molecule has 0 heterocycles. The third-order valence-electron chi connectivity index (χ3n) is 3.72. The first-order valence-corrected chi connectivity index (χ1v) is 8.59. The molecule has 8 heteroatoms. The number of rotatable bonds is 6. The molecule has 0 bridgehead atoms. The standard InChI is InChI=1S/C16H19F3N2O2S/c17-16(18,19)24-13-8-4-3-7-12(13)15(23)20-10-9-14(22)21-11-5-1-2-6-11/h3-4,7-8,11H,1-2,5-6,9-10H2,(H,20,23)(H,21,22). The fraction of sp³-hybridized carbons (Fsp3) is 0.500. The van der Waals surface area contributed by atoms with Crippen LogP contribution in [-0.4, -0.2) is 29.9 Å². The lowest BCUT2D eigenvalue weighted by Crippen LogP contribution is -2.35. The van der Waals surface area contributed by atoms with Gasteiger partial charge in [0.05, 0.1) is 5.56 Å². The summed E-state index contributed by atoms with van der Waals surface area (Å²) >= 11 is -0.323. The van der Waals surface area contributed by atoms with E-state index >= 15 is 0 Å². The third kappa shape index (κ3) is 6.07. The van der Waals surface area contributed by atoms with Gasteiger partial charge < -0.3 is 10.6 Å². The summed E-state index contributed by atoms with van der Waals surface area (Å²) in [4.78, 5) is 23.7. The van der Waals surface area contributed by atoms with Crippen LogP contribution in [0.25, 0.3) is 0 Å². The number of halogens is 3. The summed E-state index contributed by atoms with van der Waals surface area (Å²) in [7, 11) is 0. The summed E-state index contributed by atoms with van der Waals surface area (Å²) in [6.07, 6.45) is 4.27. The van der Waals surface area contributed by atoms with Gasteiger partial charge in [0.15, 0.2) is 0 Å². The first-order chi connectivity index (χ1) is 11.3. The van der Waals surface area contributed by atoms with Gasteiger partial charge in [-0.25, -0.2) is 0 Å². The molecule has 2 rings (SSSR count). The molecule has 1 fully saturated rings. The minimum Gasteiger partial charge on any atom is -0.353 e. The highest BCUT2D eigenvalue weighted by Crippen LogP contribution is 2.38. The molecule has 1 aromatic carbocycles. The van der Waals surface area contributed by atoms with Crippen molar-refractivity contribution in [1.82, 2.24) is 10.6 Å². The first-order valence-electron chi connectivity index (χ1n) is 7.77. The monoisotopic (exact) mass is 360 g/mol. The molecule has 0 atom stereocenters. The Bertz CT molecular complexity index is 587. The van der Waals surface area contributed by atoms with E-state index in [9.17, 15) is 22.8 Å². The van der Waals surface area contributed by atoms with E-state index < -0.39 is 11.4 Å². The van der Waals surface area contributed by atoms with Crippen LogP contribution in [0.3, 0.4) is 0 Å². The van der Waals surface area contributed by atoms with E-state index in [1.807, 2.05) is 0 Å². The normalized spacial score (nSPS) is 15.3. The zero-order valence-corrected chi connectivity index (χ0v) is 13.8. The molecule has 4 nitrogen and oxygen atoms in total. The Labute approximate surface area is 142 Å². The summed E-state index contributed by atoms with van der Waals surface area (Å²) in [6, 6.07) is 5.74. The summed E-state index contributed by atoms with van der Waals surface area (Å²) < 4.78 is 37.5. The molecule has 0 unspecified atom stereocenters. The van der Waals surface area contributed by atoms with Crippen molar-refractivity contribution in [3.63, 3.8) is 0 Å². The number of carbonyl (C=O) groups excluding carboxylic acids is 2. The Balaban J connectivity index is 1.83. The van der Waals surface area contributed by atoms with E-state index in [1.54, 1.807) is 0 Å². The van der Waals surface area contributed by atoms with Crippen LogP contribution in [0.15, 0.2) is 29.2 Å². The van der Waals surface area contributed by atoms with Gasteiger partial charge in [0, 0.05) is 23.9 Å². The van der Waals surface area contributed by atoms with Crippen molar-refractivity contribution in [3.8, 4) is 0 Å². The van der Waals surface area contributed by atoms with E-state index in [4.69, 9.17) is 0 Å². The molecule has 2 N–H and O–H groups in total. The molecule has 1 aliphatic carbocycles. The van der Waals surface area contributed by atoms with Crippen molar-refractivity contribution in [2.24, 2.45) is 0 Å². The van der Waals surface area contributed by atoms with E-state index in [0.29, 0.717) is 0 Å². The quantitative estimate of drug-likeness (QED) is 0.764. The van der Waals surface area contributed by atoms with Crippen LogP contribution in [0.2, 0.25) is 0 Å². The third-order valence-corrected chi connectivity index (χ3v) is 4.52. The van der Waals surface area contributed by atoms with E-state index in [2.05, 4.69) is 10.6 Å². The molecular formula is C16H19F3N2O2S. The number of hydrogen-bond donors (Lipinski definition) is 2. The maximum atomic E-state index is 12.5. The number of hydrogen-bond acceptors (Lipinski definition) is 3. The second kappa shape index (κ2) is 8.41. The van der Waals surface area contributed by atoms with Gasteiger partial charge in [-0.1, -0.05) is 25.0 Å². The summed E-state index contributed by atoms with van der Waals surface area (Å²) in [5.74, 6) is -0.767. The van der Waals surface area contributed by atoms with Crippen LogP contribution in [0.4, 0.5) is 13.2 Å². The Morgan fingerprint density at radius 3 is 2.50 bits per heavy atom. The predicted octanol–water partition coefficient (Wildman–Crippen LogP) is 3.48. The molecule has 132 valence electrons. The number of alkyl halides is 3. The smallest absolute Gasteiger partial charge is 0.353 e. The Kier molecular flexibility index (Phi) is 6.53. The maximum Gasteiger partial charge on any atom is 0.446 e. The first kappa shape index (κ1) is 18.6. The topological polar surface area (TPSA) is 58.2 Å². The SMILES string of the molecule is O=C(CCNC(=O)c1ccccc1SC(F)(F)F)NC1CCCC1. The highest BCUT2D eigenvalue weighted by molar-refractivity contribution is 8.00. The Morgan fingerprint density at radius 1 is 1.17 bits per heavy atom. The van der Waals surface area contributed by atoms with Crippen molar-refractivity contribution in [2.75, 3.05) is 6.54 Å². The summed E-state index contributed by atoms with van der Waals surface area (Å²) in [5, 5.41) is 5.39. The van der Waals surface area contributed by atoms with Crippen molar-refractivity contribution in [2.45, 2.75) is 48.5 Å². The second-order valence-corrected chi connectivity index (χ2v) is 6.71. The number of amides is 2. The van der Waals surface area contributed by atoms with Gasteiger partial charge in [0.2, 0.25) is 5.91 Å². The Hall–Kier alpha value is -1.70. The van der Waals surface area contributed by atoms with Gasteiger partial charge in [-0.2, -0.15) is 13.2 Å². The zero-order chi connectivity index (χ0) is 17.6. The van der Waals surface area contributed by atoms with Gasteiger partial charge in [-0.15, -0.1) is 0 Å². The van der Waals surface area contributed by atoms with Gasteiger partial charge >= 0.3 is 5.51 Å². The molecule has 1 aromatic rings. The van der Waals surface area contributed by atoms with Crippen molar-refractivity contribution >= 4 is 23.6 Å². The molecule has 2 amide bonds. The summed E-state index contributed by atoms with van der Waals surface area (Å²) in [6.45, 7) is 0.0857. The van der Waals surface area contributed by atoms with Crippen LogP contribution >= 0.6 is 11.8 Å². The highest BCUT2D eigenvalue weighted by Gasteiger charge is 2.31. The average molecular weight is 360 g/mol. The molecule has 1 aliphatic rings.